The number of carbonyl (C=O) groups excluding carboxylic acids is 2. The monoisotopic (exact) mass is 706 g/mol. The van der Waals surface area contributed by atoms with E-state index in [1.165, 1.54) is 135 Å². The summed E-state index contributed by atoms with van der Waals surface area (Å²) >= 11 is 0. The second kappa shape index (κ2) is 35.8. The fraction of sp³-hybridized carbons (Fsp3) is 0.947. The third-order valence-corrected chi connectivity index (χ3v) is 9.73. The summed E-state index contributed by atoms with van der Waals surface area (Å²) in [6.07, 6.45) is 33.8. The average molecular weight is 706 g/mol. The zero-order valence-corrected chi connectivity index (χ0v) is 32.1. The highest BCUT2D eigenvalue weighted by Crippen LogP contribution is 2.43. The van der Waals surface area contributed by atoms with E-state index < -0.39 is 32.5 Å². The Morgan fingerprint density at radius 1 is 0.542 bits per heavy atom. The SMILES string of the molecule is CCCCCCCCCCCCCCCCCCCCCCCCCCC(=O)OC(COC(=O)CCCCC)COP(=O)(O)OCCN. The van der Waals surface area contributed by atoms with Crippen molar-refractivity contribution in [3.63, 3.8) is 0 Å². The van der Waals surface area contributed by atoms with Crippen molar-refractivity contribution >= 4 is 19.8 Å². The van der Waals surface area contributed by atoms with Gasteiger partial charge in [-0.1, -0.05) is 174 Å². The lowest BCUT2D eigenvalue weighted by molar-refractivity contribution is -0.161. The fourth-order valence-electron chi connectivity index (χ4n) is 5.75. The highest BCUT2D eigenvalue weighted by atomic mass is 31.2. The standard InChI is InChI=1S/C38H76NO8P/c1-3-5-7-8-9-10-11-12-13-14-15-16-17-18-19-20-21-22-23-24-25-26-27-29-31-38(41)47-36(34-44-37(40)30-28-6-4-2)35-46-48(42,43)45-33-32-39/h36H,3-35,39H2,1-2H3,(H,42,43). The molecule has 0 saturated carbocycles. The molecule has 2 atom stereocenters. The normalized spacial score (nSPS) is 13.3. The topological polar surface area (TPSA) is 134 Å². The number of phosphoric ester groups is 1. The minimum absolute atomic E-state index is 0.0568. The van der Waals surface area contributed by atoms with Gasteiger partial charge in [-0.05, 0) is 12.8 Å². The van der Waals surface area contributed by atoms with E-state index in [4.69, 9.17) is 24.3 Å². The van der Waals surface area contributed by atoms with Crippen LogP contribution in [0.15, 0.2) is 0 Å². The molecule has 0 amide bonds. The fourth-order valence-corrected chi connectivity index (χ4v) is 6.52. The number of nitrogens with two attached hydrogens (primary N) is 1. The number of phosphoric acid groups is 1. The largest absolute Gasteiger partial charge is 0.472 e. The number of ether oxygens (including phenoxy) is 2. The molecule has 9 nitrogen and oxygen atoms in total. The summed E-state index contributed by atoms with van der Waals surface area (Å²) in [5.41, 5.74) is 5.30. The molecule has 0 aromatic carbocycles. The van der Waals surface area contributed by atoms with Gasteiger partial charge >= 0.3 is 19.8 Å². The predicted octanol–water partition coefficient (Wildman–Crippen LogP) is 10.9. The number of carbonyl (C=O) groups is 2. The van der Waals surface area contributed by atoms with Crippen molar-refractivity contribution in [3.8, 4) is 0 Å². The van der Waals surface area contributed by atoms with Gasteiger partial charge in [0.2, 0.25) is 0 Å². The molecule has 0 aliphatic carbocycles. The maximum Gasteiger partial charge on any atom is 0.472 e. The molecule has 3 N–H and O–H groups in total. The molecule has 0 spiro atoms. The van der Waals surface area contributed by atoms with E-state index in [1.807, 2.05) is 6.92 Å². The summed E-state index contributed by atoms with van der Waals surface area (Å²) in [5.74, 6) is -0.846. The quantitative estimate of drug-likeness (QED) is 0.0365. The van der Waals surface area contributed by atoms with Gasteiger partial charge < -0.3 is 20.1 Å². The first-order chi connectivity index (χ1) is 23.3. The molecule has 286 valence electrons. The van der Waals surface area contributed by atoms with E-state index in [9.17, 15) is 19.0 Å². The first kappa shape index (κ1) is 47.0. The van der Waals surface area contributed by atoms with Gasteiger partial charge in [-0.3, -0.25) is 18.6 Å². The molecule has 0 aromatic heterocycles. The van der Waals surface area contributed by atoms with Crippen molar-refractivity contribution in [2.75, 3.05) is 26.4 Å². The van der Waals surface area contributed by atoms with Crippen molar-refractivity contribution < 1.29 is 37.6 Å². The summed E-state index contributed by atoms with van der Waals surface area (Å²) in [5, 5.41) is 0. The smallest absolute Gasteiger partial charge is 0.462 e. The first-order valence-electron chi connectivity index (χ1n) is 20.0. The summed E-state index contributed by atoms with van der Waals surface area (Å²) in [7, 11) is -4.35. The Kier molecular flexibility index (Phi) is 35.1. The zero-order chi connectivity index (χ0) is 35.4. The predicted molar refractivity (Wildman–Crippen MR) is 197 cm³/mol. The number of hydrogen-bond donors (Lipinski definition) is 2. The molecule has 0 aliphatic heterocycles. The second-order valence-electron chi connectivity index (χ2n) is 13.5. The van der Waals surface area contributed by atoms with E-state index in [-0.39, 0.29) is 32.6 Å². The molecule has 0 radical (unpaired) electrons. The highest BCUT2D eigenvalue weighted by molar-refractivity contribution is 7.47. The molecule has 10 heteroatoms. The summed E-state index contributed by atoms with van der Waals surface area (Å²) < 4.78 is 32.3. The maximum absolute atomic E-state index is 12.4. The molecule has 0 fully saturated rings. The van der Waals surface area contributed by atoms with Crippen LogP contribution >= 0.6 is 7.82 Å². The number of hydrogen-bond acceptors (Lipinski definition) is 8. The van der Waals surface area contributed by atoms with Crippen molar-refractivity contribution in [2.45, 2.75) is 206 Å². The molecule has 0 rings (SSSR count). The Balaban J connectivity index is 3.78. The van der Waals surface area contributed by atoms with Gasteiger partial charge in [0.15, 0.2) is 6.10 Å². The van der Waals surface area contributed by atoms with Crippen molar-refractivity contribution in [1.82, 2.24) is 0 Å². The Morgan fingerprint density at radius 2 is 0.896 bits per heavy atom. The lowest BCUT2D eigenvalue weighted by Crippen LogP contribution is -2.29. The lowest BCUT2D eigenvalue weighted by atomic mass is 10.0. The Bertz CT molecular complexity index is 769. The molecule has 0 heterocycles. The highest BCUT2D eigenvalue weighted by Gasteiger charge is 2.25. The molecule has 2 unspecified atom stereocenters. The van der Waals surface area contributed by atoms with Crippen LogP contribution in [0.1, 0.15) is 200 Å². The Labute approximate surface area is 295 Å². The summed E-state index contributed by atoms with van der Waals surface area (Å²) in [4.78, 5) is 34.2. The van der Waals surface area contributed by atoms with Gasteiger partial charge in [0.1, 0.15) is 6.61 Å². The zero-order valence-electron chi connectivity index (χ0n) is 31.2. The second-order valence-corrected chi connectivity index (χ2v) is 15.0. The van der Waals surface area contributed by atoms with Gasteiger partial charge in [-0.2, -0.15) is 0 Å². The number of rotatable bonds is 38. The molecule has 48 heavy (non-hydrogen) atoms. The van der Waals surface area contributed by atoms with Gasteiger partial charge in [0.25, 0.3) is 0 Å². The molecule has 0 saturated heterocycles. The van der Waals surface area contributed by atoms with Crippen LogP contribution in [-0.2, 0) is 32.7 Å². The van der Waals surface area contributed by atoms with Crippen LogP contribution < -0.4 is 5.73 Å². The maximum atomic E-state index is 12.4. The van der Waals surface area contributed by atoms with Gasteiger partial charge in [0.05, 0.1) is 13.2 Å². The summed E-state index contributed by atoms with van der Waals surface area (Å²) in [6.45, 7) is 3.57. The van der Waals surface area contributed by atoms with Crippen LogP contribution in [0.4, 0.5) is 0 Å². The molecular weight excluding hydrogens is 629 g/mol. The van der Waals surface area contributed by atoms with Gasteiger partial charge in [-0.25, -0.2) is 4.57 Å². The number of unbranched alkanes of at least 4 members (excludes halogenated alkanes) is 25. The minimum Gasteiger partial charge on any atom is -0.462 e. The van der Waals surface area contributed by atoms with E-state index in [2.05, 4.69) is 6.92 Å². The van der Waals surface area contributed by atoms with E-state index >= 15 is 0 Å². The molecular formula is C38H76NO8P. The summed E-state index contributed by atoms with van der Waals surface area (Å²) in [6, 6.07) is 0. The van der Waals surface area contributed by atoms with Gasteiger partial charge in [-0.15, -0.1) is 0 Å². The molecule has 0 aliphatic rings. The average Bonchev–Trinajstić information content (AvgIpc) is 3.07. The van der Waals surface area contributed by atoms with Crippen molar-refractivity contribution in [1.29, 1.82) is 0 Å². The first-order valence-corrected chi connectivity index (χ1v) is 21.5. The Morgan fingerprint density at radius 3 is 1.31 bits per heavy atom. The van der Waals surface area contributed by atoms with Crippen molar-refractivity contribution in [2.24, 2.45) is 5.73 Å². The molecule has 0 aromatic rings. The number of esters is 2. The van der Waals surface area contributed by atoms with Crippen molar-refractivity contribution in [3.05, 3.63) is 0 Å². The van der Waals surface area contributed by atoms with Crippen LogP contribution in [0.2, 0.25) is 0 Å². The van der Waals surface area contributed by atoms with E-state index in [1.54, 1.807) is 0 Å². The third-order valence-electron chi connectivity index (χ3n) is 8.74. The Hall–Kier alpha value is -0.990. The molecule has 0 bridgehead atoms. The van der Waals surface area contributed by atoms with Crippen LogP contribution in [0.5, 0.6) is 0 Å². The third kappa shape index (κ3) is 34.9. The van der Waals surface area contributed by atoms with Gasteiger partial charge in [0, 0.05) is 19.4 Å². The van der Waals surface area contributed by atoms with Crippen LogP contribution in [-0.4, -0.2) is 49.3 Å². The van der Waals surface area contributed by atoms with Crippen LogP contribution in [0, 0.1) is 0 Å². The lowest BCUT2D eigenvalue weighted by Gasteiger charge is -2.19. The van der Waals surface area contributed by atoms with E-state index in [0.717, 1.165) is 25.7 Å². The van der Waals surface area contributed by atoms with Crippen LogP contribution in [0.25, 0.3) is 0 Å². The van der Waals surface area contributed by atoms with Crippen LogP contribution in [0.3, 0.4) is 0 Å². The minimum atomic E-state index is -4.35. The van der Waals surface area contributed by atoms with E-state index in [0.29, 0.717) is 12.8 Å².